The first-order valence-electron chi connectivity index (χ1n) is 12.1. The van der Waals surface area contributed by atoms with E-state index < -0.39 is 16.1 Å². The van der Waals surface area contributed by atoms with Crippen LogP contribution in [0, 0.1) is 0 Å². The van der Waals surface area contributed by atoms with E-state index in [1.807, 2.05) is 30.3 Å². The van der Waals surface area contributed by atoms with Crippen molar-refractivity contribution in [2.24, 2.45) is 0 Å². The van der Waals surface area contributed by atoms with Crippen LogP contribution in [0.4, 0.5) is 5.69 Å². The number of anilines is 1. The van der Waals surface area contributed by atoms with Gasteiger partial charge >= 0.3 is 0 Å². The number of aliphatic hydroxyl groups is 1. The van der Waals surface area contributed by atoms with E-state index in [1.54, 1.807) is 12.1 Å². The van der Waals surface area contributed by atoms with Gasteiger partial charge in [-0.3, -0.25) is 4.90 Å². The predicted molar refractivity (Wildman–Crippen MR) is 133 cm³/mol. The fourth-order valence-electron chi connectivity index (χ4n) is 4.34. The smallest absolute Gasteiger partial charge is 0.243 e. The number of nitrogens with one attached hydrogen (secondary N) is 1. The Bertz CT molecular complexity index is 993. The van der Waals surface area contributed by atoms with Gasteiger partial charge in [-0.1, -0.05) is 30.3 Å². The summed E-state index contributed by atoms with van der Waals surface area (Å²) in [6, 6.07) is 15.9. The summed E-state index contributed by atoms with van der Waals surface area (Å²) in [6.07, 6.45) is 1.39. The van der Waals surface area contributed by atoms with Gasteiger partial charge < -0.3 is 20.9 Å². The topological polar surface area (TPSA) is 108 Å². The lowest BCUT2D eigenvalue weighted by atomic mass is 10.0. The molecule has 0 radical (unpaired) electrons. The molecule has 2 aliphatic rings. The third-order valence-electron chi connectivity index (χ3n) is 6.51. The molecule has 4 rings (SSSR count). The zero-order valence-corrected chi connectivity index (χ0v) is 20.4. The Kier molecular flexibility index (Phi) is 8.57. The van der Waals surface area contributed by atoms with Gasteiger partial charge in [-0.25, -0.2) is 8.42 Å². The first-order chi connectivity index (χ1) is 16.4. The van der Waals surface area contributed by atoms with Crippen molar-refractivity contribution in [1.29, 1.82) is 0 Å². The number of benzene rings is 2. The molecule has 1 aliphatic heterocycles. The monoisotopic (exact) mass is 488 g/mol. The molecule has 186 valence electrons. The lowest BCUT2D eigenvalue weighted by Crippen LogP contribution is -2.51. The van der Waals surface area contributed by atoms with Crippen LogP contribution in [-0.4, -0.2) is 86.9 Å². The molecule has 2 aromatic carbocycles. The maximum atomic E-state index is 13.4. The summed E-state index contributed by atoms with van der Waals surface area (Å²) in [5, 5.41) is 14.8. The molecular weight excluding hydrogens is 452 g/mol. The van der Waals surface area contributed by atoms with E-state index in [9.17, 15) is 13.5 Å². The van der Waals surface area contributed by atoms with Gasteiger partial charge in [0.2, 0.25) is 10.0 Å². The van der Waals surface area contributed by atoms with E-state index in [0.717, 1.165) is 51.3 Å². The molecule has 9 heteroatoms. The summed E-state index contributed by atoms with van der Waals surface area (Å²) in [6.45, 7) is 4.93. The molecule has 0 unspecified atom stereocenters. The highest BCUT2D eigenvalue weighted by Gasteiger charge is 2.40. The zero-order valence-electron chi connectivity index (χ0n) is 19.6. The first kappa shape index (κ1) is 25.1. The molecular formula is C25H36N4O4S. The van der Waals surface area contributed by atoms with Crippen LogP contribution in [-0.2, 0) is 21.2 Å². The first-order valence-corrected chi connectivity index (χ1v) is 13.5. The summed E-state index contributed by atoms with van der Waals surface area (Å²) in [7, 11) is -3.73. The number of morpholine rings is 1. The maximum Gasteiger partial charge on any atom is 0.243 e. The van der Waals surface area contributed by atoms with Crippen LogP contribution in [0.25, 0.3) is 0 Å². The summed E-state index contributed by atoms with van der Waals surface area (Å²) in [4.78, 5) is 2.55. The Hall–Kier alpha value is -2.01. The number of ether oxygens (including phenoxy) is 1. The van der Waals surface area contributed by atoms with Gasteiger partial charge in [-0.2, -0.15) is 4.31 Å². The van der Waals surface area contributed by atoms with Gasteiger partial charge in [-0.15, -0.1) is 0 Å². The minimum absolute atomic E-state index is 0.0550. The predicted octanol–water partition coefficient (Wildman–Crippen LogP) is 1.32. The standard InChI is InChI=1S/C25H36N4O4S/c26-21-6-10-23(11-7-21)34(31,32)29(22-8-9-22)19-25(30)24(18-20-4-2-1-3-5-20)27-12-13-28-14-16-33-17-15-28/h1-7,10-11,22,24-25,27,30H,8-9,12-19,26H2/t24-,25+/m0/s1. The largest absolute Gasteiger partial charge is 0.399 e. The number of nitrogens with two attached hydrogens (primary N) is 1. The van der Waals surface area contributed by atoms with Crippen LogP contribution >= 0.6 is 0 Å². The van der Waals surface area contributed by atoms with E-state index >= 15 is 0 Å². The molecule has 0 amide bonds. The minimum atomic E-state index is -3.73. The highest BCUT2D eigenvalue weighted by atomic mass is 32.2. The summed E-state index contributed by atoms with van der Waals surface area (Å²) < 4.78 is 33.7. The average molecular weight is 489 g/mol. The van der Waals surface area contributed by atoms with Crippen molar-refractivity contribution < 1.29 is 18.3 Å². The van der Waals surface area contributed by atoms with Gasteiger partial charge in [0, 0.05) is 50.5 Å². The Morgan fingerprint density at radius 1 is 1.09 bits per heavy atom. The highest BCUT2D eigenvalue weighted by molar-refractivity contribution is 7.89. The molecule has 8 nitrogen and oxygen atoms in total. The van der Waals surface area contributed by atoms with Crippen molar-refractivity contribution in [2.75, 3.05) is 51.7 Å². The van der Waals surface area contributed by atoms with E-state index in [-0.39, 0.29) is 23.5 Å². The van der Waals surface area contributed by atoms with Gasteiger partial charge in [0.15, 0.2) is 0 Å². The molecule has 0 aromatic heterocycles. The molecule has 0 bridgehead atoms. The lowest BCUT2D eigenvalue weighted by Gasteiger charge is -2.31. The number of aliphatic hydroxyl groups excluding tert-OH is 1. The zero-order chi connectivity index (χ0) is 24.0. The van der Waals surface area contributed by atoms with Crippen molar-refractivity contribution in [3.05, 3.63) is 60.2 Å². The number of hydrogen-bond donors (Lipinski definition) is 3. The van der Waals surface area contributed by atoms with Crippen molar-refractivity contribution in [2.45, 2.75) is 42.3 Å². The number of hydrogen-bond acceptors (Lipinski definition) is 7. The molecule has 2 aromatic rings. The van der Waals surface area contributed by atoms with Gasteiger partial charge in [0.25, 0.3) is 0 Å². The molecule has 34 heavy (non-hydrogen) atoms. The van der Waals surface area contributed by atoms with Crippen molar-refractivity contribution in [3.63, 3.8) is 0 Å². The minimum Gasteiger partial charge on any atom is -0.399 e. The number of nitrogens with zero attached hydrogens (tertiary/aromatic N) is 2. The third-order valence-corrected chi connectivity index (χ3v) is 8.44. The van der Waals surface area contributed by atoms with Crippen LogP contribution < -0.4 is 11.1 Å². The second-order valence-corrected chi connectivity index (χ2v) is 11.0. The van der Waals surface area contributed by atoms with Crippen molar-refractivity contribution in [1.82, 2.24) is 14.5 Å². The normalized spacial score (nSPS) is 19.2. The van der Waals surface area contributed by atoms with Crippen molar-refractivity contribution >= 4 is 15.7 Å². The average Bonchev–Trinajstić information content (AvgIpc) is 3.68. The second-order valence-electron chi connectivity index (χ2n) is 9.15. The Labute approximate surface area is 202 Å². The van der Waals surface area contributed by atoms with E-state index in [2.05, 4.69) is 10.2 Å². The molecule has 0 spiro atoms. The van der Waals surface area contributed by atoms with Crippen LogP contribution in [0.3, 0.4) is 0 Å². The van der Waals surface area contributed by atoms with E-state index in [1.165, 1.54) is 16.4 Å². The van der Waals surface area contributed by atoms with E-state index in [0.29, 0.717) is 18.7 Å². The lowest BCUT2D eigenvalue weighted by molar-refractivity contribution is 0.0366. The molecule has 4 N–H and O–H groups in total. The van der Waals surface area contributed by atoms with Gasteiger partial charge in [0.1, 0.15) is 0 Å². The number of nitrogen functional groups attached to an aromatic ring is 1. The molecule has 1 saturated carbocycles. The SMILES string of the molecule is Nc1ccc(S(=O)(=O)N(C[C@@H](O)[C@H](Cc2ccccc2)NCCN2CCOCC2)C2CC2)cc1. The van der Waals surface area contributed by atoms with Crippen LogP contribution in [0.15, 0.2) is 59.5 Å². The summed E-state index contributed by atoms with van der Waals surface area (Å²) in [5.74, 6) is 0. The molecule has 1 heterocycles. The maximum absolute atomic E-state index is 13.4. The van der Waals surface area contributed by atoms with Crippen LogP contribution in [0.1, 0.15) is 18.4 Å². The summed E-state index contributed by atoms with van der Waals surface area (Å²) in [5.41, 5.74) is 7.36. The summed E-state index contributed by atoms with van der Waals surface area (Å²) >= 11 is 0. The number of rotatable bonds is 12. The Morgan fingerprint density at radius 2 is 1.76 bits per heavy atom. The Morgan fingerprint density at radius 3 is 2.41 bits per heavy atom. The number of sulfonamides is 1. The van der Waals surface area contributed by atoms with E-state index in [4.69, 9.17) is 10.5 Å². The highest BCUT2D eigenvalue weighted by Crippen LogP contribution is 2.32. The Balaban J connectivity index is 1.45. The fraction of sp³-hybridized carbons (Fsp3) is 0.520. The third kappa shape index (κ3) is 6.78. The fourth-order valence-corrected chi connectivity index (χ4v) is 6.04. The quantitative estimate of drug-likeness (QED) is 0.387. The van der Waals surface area contributed by atoms with Crippen LogP contribution in [0.5, 0.6) is 0 Å². The molecule has 1 saturated heterocycles. The molecule has 1 aliphatic carbocycles. The van der Waals surface area contributed by atoms with Gasteiger partial charge in [0.05, 0.1) is 24.2 Å². The molecule has 2 atom stereocenters. The van der Waals surface area contributed by atoms with Gasteiger partial charge in [-0.05, 0) is 49.1 Å². The molecule has 2 fully saturated rings. The second kappa shape index (κ2) is 11.6. The van der Waals surface area contributed by atoms with Crippen molar-refractivity contribution in [3.8, 4) is 0 Å². The van der Waals surface area contributed by atoms with Crippen LogP contribution in [0.2, 0.25) is 0 Å².